The van der Waals surface area contributed by atoms with E-state index in [-0.39, 0.29) is 44.2 Å². The van der Waals surface area contributed by atoms with Crippen LogP contribution in [0.3, 0.4) is 0 Å². The lowest BCUT2D eigenvalue weighted by molar-refractivity contribution is 0.102. The number of fused-ring (bicyclic) bond motifs is 1. The molecule has 0 aromatic carbocycles. The van der Waals surface area contributed by atoms with Crippen LogP contribution in [0.5, 0.6) is 0 Å². The van der Waals surface area contributed by atoms with Crippen LogP contribution in [-0.2, 0) is 9.84 Å². The summed E-state index contributed by atoms with van der Waals surface area (Å²) in [6.45, 7) is 0. The number of hydrogen-bond acceptors (Lipinski definition) is 6. The Bertz CT molecular complexity index is 1290. The van der Waals surface area contributed by atoms with E-state index in [1.54, 1.807) is 22.9 Å². The third-order valence-electron chi connectivity index (χ3n) is 5.04. The summed E-state index contributed by atoms with van der Waals surface area (Å²) in [6, 6.07) is 2.99. The topological polar surface area (TPSA) is 111 Å². The number of sulfone groups is 1. The van der Waals surface area contributed by atoms with Crippen LogP contribution in [0.4, 0.5) is 5.69 Å². The van der Waals surface area contributed by atoms with Gasteiger partial charge in [0.15, 0.2) is 0 Å². The van der Waals surface area contributed by atoms with Gasteiger partial charge in [-0.25, -0.2) is 13.4 Å². The molecule has 0 bridgehead atoms. The van der Waals surface area contributed by atoms with E-state index in [0.29, 0.717) is 18.5 Å². The number of anilines is 1. The smallest absolute Gasteiger partial charge is 0.261 e. The van der Waals surface area contributed by atoms with Crippen LogP contribution >= 0.6 is 23.2 Å². The summed E-state index contributed by atoms with van der Waals surface area (Å²) in [4.78, 5) is 34.1. The zero-order valence-corrected chi connectivity index (χ0v) is 17.8. The number of carbonyl (C=O) groups excluding carboxylic acids is 1. The Balaban J connectivity index is 1.80. The molecule has 0 radical (unpaired) electrons. The molecule has 0 saturated carbocycles. The van der Waals surface area contributed by atoms with Crippen molar-refractivity contribution in [2.75, 3.05) is 16.8 Å². The van der Waals surface area contributed by atoms with E-state index < -0.39 is 21.2 Å². The first-order valence-corrected chi connectivity index (χ1v) is 11.7. The highest BCUT2D eigenvalue weighted by Gasteiger charge is 2.27. The van der Waals surface area contributed by atoms with Gasteiger partial charge in [0, 0.05) is 30.8 Å². The standard InChI is InChI=1S/C19H16Cl2N4O4S/c20-14-8-22-9-15(21)16(14)24-19(27)13-10-25(11-3-6-30(28,29)7-4-11)18-12(17(13)26)2-1-5-23-18/h1-2,5,8-11H,3-4,6-7H2,(H,22,24,27). The van der Waals surface area contributed by atoms with Crippen LogP contribution in [0, 0.1) is 0 Å². The molecular formula is C19H16Cl2N4O4S. The van der Waals surface area contributed by atoms with Crippen LogP contribution in [0.1, 0.15) is 29.2 Å². The van der Waals surface area contributed by atoms with Gasteiger partial charge in [-0.2, -0.15) is 0 Å². The van der Waals surface area contributed by atoms with Gasteiger partial charge in [-0.3, -0.25) is 14.6 Å². The van der Waals surface area contributed by atoms with Crippen molar-refractivity contribution in [3.63, 3.8) is 0 Å². The maximum atomic E-state index is 13.0. The number of rotatable bonds is 3. The molecule has 3 aromatic rings. The summed E-state index contributed by atoms with van der Waals surface area (Å²) in [6.07, 6.45) is 6.38. The summed E-state index contributed by atoms with van der Waals surface area (Å²) in [7, 11) is -3.07. The molecule has 1 aliphatic rings. The fraction of sp³-hybridized carbons (Fsp3) is 0.263. The molecule has 1 aliphatic heterocycles. The summed E-state index contributed by atoms with van der Waals surface area (Å²) >= 11 is 12.1. The monoisotopic (exact) mass is 466 g/mol. The predicted octanol–water partition coefficient (Wildman–Crippen LogP) is 3.10. The third-order valence-corrected chi connectivity index (χ3v) is 7.33. The maximum Gasteiger partial charge on any atom is 0.261 e. The normalized spacial score (nSPS) is 16.5. The Morgan fingerprint density at radius 2 is 1.83 bits per heavy atom. The van der Waals surface area contributed by atoms with Gasteiger partial charge in [0.25, 0.3) is 5.91 Å². The molecule has 8 nitrogen and oxygen atoms in total. The van der Waals surface area contributed by atoms with Crippen LogP contribution in [0.15, 0.2) is 41.7 Å². The van der Waals surface area contributed by atoms with E-state index in [2.05, 4.69) is 15.3 Å². The number of amides is 1. The van der Waals surface area contributed by atoms with Crippen LogP contribution in [0.2, 0.25) is 10.0 Å². The Labute approximate surface area is 181 Å². The second-order valence-corrected chi connectivity index (χ2v) is 10.1. The number of halogens is 2. The highest BCUT2D eigenvalue weighted by Crippen LogP contribution is 2.30. The first-order chi connectivity index (χ1) is 14.3. The van der Waals surface area contributed by atoms with Gasteiger partial charge < -0.3 is 9.88 Å². The number of hydrogen-bond donors (Lipinski definition) is 1. The number of pyridine rings is 3. The average Bonchev–Trinajstić information content (AvgIpc) is 2.71. The van der Waals surface area contributed by atoms with Crippen LogP contribution in [0.25, 0.3) is 11.0 Å². The van der Waals surface area contributed by atoms with Crippen molar-refractivity contribution < 1.29 is 13.2 Å². The molecule has 156 valence electrons. The molecule has 0 aliphatic carbocycles. The zero-order chi connectivity index (χ0) is 21.5. The molecule has 0 unspecified atom stereocenters. The summed E-state index contributed by atoms with van der Waals surface area (Å²) in [5, 5.41) is 3.11. The first-order valence-electron chi connectivity index (χ1n) is 9.07. The quantitative estimate of drug-likeness (QED) is 0.634. The van der Waals surface area contributed by atoms with Crippen molar-refractivity contribution in [1.29, 1.82) is 0 Å². The van der Waals surface area contributed by atoms with Crippen molar-refractivity contribution in [2.24, 2.45) is 0 Å². The molecule has 4 rings (SSSR count). The predicted molar refractivity (Wildman–Crippen MR) is 115 cm³/mol. The Morgan fingerprint density at radius 1 is 1.17 bits per heavy atom. The van der Waals surface area contributed by atoms with E-state index in [0.717, 1.165) is 0 Å². The molecule has 1 saturated heterocycles. The van der Waals surface area contributed by atoms with Gasteiger partial charge in [0.1, 0.15) is 21.0 Å². The van der Waals surface area contributed by atoms with Gasteiger partial charge in [-0.15, -0.1) is 0 Å². The van der Waals surface area contributed by atoms with Crippen LogP contribution in [-0.4, -0.2) is 40.4 Å². The molecular weight excluding hydrogens is 451 g/mol. The lowest BCUT2D eigenvalue weighted by Gasteiger charge is -2.26. The summed E-state index contributed by atoms with van der Waals surface area (Å²) in [5.41, 5.74) is -0.0490. The van der Waals surface area contributed by atoms with Crippen molar-refractivity contribution >= 4 is 55.7 Å². The molecule has 1 N–H and O–H groups in total. The van der Waals surface area contributed by atoms with E-state index in [9.17, 15) is 18.0 Å². The van der Waals surface area contributed by atoms with E-state index in [1.807, 2.05) is 0 Å². The van der Waals surface area contributed by atoms with E-state index in [1.165, 1.54) is 18.6 Å². The Morgan fingerprint density at radius 3 is 2.50 bits per heavy atom. The summed E-state index contributed by atoms with van der Waals surface area (Å²) < 4.78 is 25.4. The summed E-state index contributed by atoms with van der Waals surface area (Å²) in [5.74, 6) is -0.595. The molecule has 30 heavy (non-hydrogen) atoms. The number of carbonyl (C=O) groups is 1. The second kappa shape index (κ2) is 7.98. The number of nitrogens with one attached hydrogen (secondary N) is 1. The largest absolute Gasteiger partial charge is 0.328 e. The lowest BCUT2D eigenvalue weighted by Crippen LogP contribution is -2.29. The minimum atomic E-state index is -3.07. The van der Waals surface area contributed by atoms with Crippen molar-refractivity contribution in [1.82, 2.24) is 14.5 Å². The van der Waals surface area contributed by atoms with E-state index in [4.69, 9.17) is 23.2 Å². The SMILES string of the molecule is O=C(Nc1c(Cl)cncc1Cl)c1cn(C2CCS(=O)(=O)CC2)c2ncccc2c1=O. The molecule has 11 heteroatoms. The minimum absolute atomic E-state index is 0.0435. The highest BCUT2D eigenvalue weighted by atomic mass is 35.5. The molecule has 0 atom stereocenters. The molecule has 1 fully saturated rings. The molecule has 3 aromatic heterocycles. The Hall–Kier alpha value is -2.49. The maximum absolute atomic E-state index is 13.0. The van der Waals surface area contributed by atoms with Crippen molar-refractivity contribution in [3.8, 4) is 0 Å². The first kappa shape index (κ1) is 20.8. The molecule has 0 spiro atoms. The van der Waals surface area contributed by atoms with Gasteiger partial charge in [-0.1, -0.05) is 23.2 Å². The zero-order valence-electron chi connectivity index (χ0n) is 15.5. The van der Waals surface area contributed by atoms with Gasteiger partial charge >= 0.3 is 0 Å². The number of nitrogens with zero attached hydrogens (tertiary/aromatic N) is 3. The minimum Gasteiger partial charge on any atom is -0.328 e. The number of aromatic nitrogens is 3. The van der Waals surface area contributed by atoms with Gasteiger partial charge in [0.05, 0.1) is 32.6 Å². The fourth-order valence-corrected chi connectivity index (χ4v) is 5.42. The lowest BCUT2D eigenvalue weighted by atomic mass is 10.1. The Kier molecular flexibility index (Phi) is 5.52. The second-order valence-electron chi connectivity index (χ2n) is 6.97. The molecule has 4 heterocycles. The third kappa shape index (κ3) is 3.92. The van der Waals surface area contributed by atoms with Crippen molar-refractivity contribution in [3.05, 3.63) is 62.8 Å². The van der Waals surface area contributed by atoms with Gasteiger partial charge in [0.2, 0.25) is 5.43 Å². The van der Waals surface area contributed by atoms with E-state index >= 15 is 0 Å². The highest BCUT2D eigenvalue weighted by molar-refractivity contribution is 7.91. The molecule has 1 amide bonds. The van der Waals surface area contributed by atoms with Crippen molar-refractivity contribution in [2.45, 2.75) is 18.9 Å². The fourth-order valence-electron chi connectivity index (χ4n) is 3.49. The van der Waals surface area contributed by atoms with Crippen LogP contribution < -0.4 is 10.7 Å². The average molecular weight is 467 g/mol. The van der Waals surface area contributed by atoms with Gasteiger partial charge in [-0.05, 0) is 25.0 Å².